The van der Waals surface area contributed by atoms with Crippen LogP contribution in [0.15, 0.2) is 18.2 Å². The average molecular weight is 272 g/mol. The monoisotopic (exact) mass is 271 g/mol. The fourth-order valence-corrected chi connectivity index (χ4v) is 2.85. The number of hydrogen-bond acceptors (Lipinski definition) is 1. The lowest BCUT2D eigenvalue weighted by molar-refractivity contribution is 0.0749. The van der Waals surface area contributed by atoms with Crippen molar-refractivity contribution in [1.29, 1.82) is 0 Å². The van der Waals surface area contributed by atoms with E-state index in [9.17, 15) is 4.79 Å². The number of carbonyl (C=O) groups is 1. The smallest absolute Gasteiger partial charge is 0.255 e. The van der Waals surface area contributed by atoms with E-state index in [1.54, 1.807) is 6.07 Å². The molecule has 17 heavy (non-hydrogen) atoms. The lowest BCUT2D eigenvalue weighted by Crippen LogP contribution is -2.36. The van der Waals surface area contributed by atoms with Crippen LogP contribution in [0.5, 0.6) is 0 Å². The molecule has 1 atom stereocenters. The van der Waals surface area contributed by atoms with Crippen molar-refractivity contribution in [3.8, 4) is 0 Å². The third-order valence-electron chi connectivity index (χ3n) is 3.17. The highest BCUT2D eigenvalue weighted by molar-refractivity contribution is 6.33. The number of aryl methyl sites for hydroxylation is 1. The molecule has 1 aromatic rings. The number of benzene rings is 1. The molecule has 1 aliphatic rings. The summed E-state index contributed by atoms with van der Waals surface area (Å²) in [6, 6.07) is 5.68. The van der Waals surface area contributed by atoms with Crippen LogP contribution in [0.1, 0.15) is 28.8 Å². The van der Waals surface area contributed by atoms with Crippen molar-refractivity contribution >= 4 is 29.1 Å². The summed E-state index contributed by atoms with van der Waals surface area (Å²) in [5.74, 6) is 0.494. The van der Waals surface area contributed by atoms with Crippen LogP contribution in [0.4, 0.5) is 0 Å². The van der Waals surface area contributed by atoms with E-state index in [0.717, 1.165) is 24.9 Å². The van der Waals surface area contributed by atoms with Crippen LogP contribution in [0.2, 0.25) is 5.02 Å². The van der Waals surface area contributed by atoms with Gasteiger partial charge in [-0.1, -0.05) is 17.7 Å². The second kappa shape index (κ2) is 5.28. The molecular formula is C13H15Cl2NO. The lowest BCUT2D eigenvalue weighted by Gasteiger charge is -2.23. The van der Waals surface area contributed by atoms with Crippen molar-refractivity contribution in [2.24, 2.45) is 0 Å². The molecule has 0 bridgehead atoms. The van der Waals surface area contributed by atoms with Crippen LogP contribution in [0, 0.1) is 6.92 Å². The number of alkyl halides is 1. The Balaban J connectivity index is 2.24. The van der Waals surface area contributed by atoms with Crippen molar-refractivity contribution in [3.05, 3.63) is 34.3 Å². The van der Waals surface area contributed by atoms with E-state index >= 15 is 0 Å². The molecule has 1 fully saturated rings. The lowest BCUT2D eigenvalue weighted by atomic mass is 10.1. The van der Waals surface area contributed by atoms with Gasteiger partial charge in [0.15, 0.2) is 0 Å². The Morgan fingerprint density at radius 2 is 2.29 bits per heavy atom. The molecule has 1 aromatic carbocycles. The van der Waals surface area contributed by atoms with Crippen molar-refractivity contribution in [2.75, 3.05) is 12.4 Å². The zero-order valence-electron chi connectivity index (χ0n) is 9.75. The number of nitrogens with zero attached hydrogens (tertiary/aromatic N) is 1. The van der Waals surface area contributed by atoms with Crippen molar-refractivity contribution in [2.45, 2.75) is 25.8 Å². The Labute approximate surface area is 112 Å². The van der Waals surface area contributed by atoms with E-state index in [0.29, 0.717) is 16.5 Å². The number of likely N-dealkylation sites (tertiary alicyclic amines) is 1. The maximum absolute atomic E-state index is 12.3. The molecule has 2 rings (SSSR count). The zero-order valence-corrected chi connectivity index (χ0v) is 11.3. The molecule has 1 saturated heterocycles. The molecule has 1 aliphatic heterocycles. The highest BCUT2D eigenvalue weighted by Gasteiger charge is 2.29. The molecule has 0 aromatic heterocycles. The van der Waals surface area contributed by atoms with E-state index in [1.165, 1.54) is 0 Å². The quantitative estimate of drug-likeness (QED) is 0.755. The Morgan fingerprint density at radius 3 is 2.94 bits per heavy atom. The van der Waals surface area contributed by atoms with Gasteiger partial charge in [-0.2, -0.15) is 0 Å². The average Bonchev–Trinajstić information content (AvgIpc) is 2.76. The third-order valence-corrected chi connectivity index (χ3v) is 3.84. The van der Waals surface area contributed by atoms with Crippen LogP contribution in [0.3, 0.4) is 0 Å². The van der Waals surface area contributed by atoms with E-state index in [1.807, 2.05) is 24.0 Å². The van der Waals surface area contributed by atoms with Gasteiger partial charge < -0.3 is 4.90 Å². The number of hydrogen-bond donors (Lipinski definition) is 0. The van der Waals surface area contributed by atoms with E-state index in [-0.39, 0.29) is 11.9 Å². The molecule has 0 N–H and O–H groups in total. The van der Waals surface area contributed by atoms with Gasteiger partial charge in [0, 0.05) is 18.5 Å². The van der Waals surface area contributed by atoms with Crippen molar-refractivity contribution in [1.82, 2.24) is 4.90 Å². The van der Waals surface area contributed by atoms with Crippen molar-refractivity contribution < 1.29 is 4.79 Å². The van der Waals surface area contributed by atoms with E-state index in [4.69, 9.17) is 23.2 Å². The summed E-state index contributed by atoms with van der Waals surface area (Å²) in [4.78, 5) is 14.2. The first-order valence-corrected chi connectivity index (χ1v) is 6.68. The fourth-order valence-electron chi connectivity index (χ4n) is 2.21. The van der Waals surface area contributed by atoms with Gasteiger partial charge in [0.1, 0.15) is 0 Å². The summed E-state index contributed by atoms with van der Waals surface area (Å²) in [7, 11) is 0. The van der Waals surface area contributed by atoms with Crippen LogP contribution in [0.25, 0.3) is 0 Å². The topological polar surface area (TPSA) is 20.3 Å². The number of carbonyl (C=O) groups excluding carboxylic acids is 1. The zero-order chi connectivity index (χ0) is 12.4. The maximum atomic E-state index is 12.3. The third kappa shape index (κ3) is 2.58. The van der Waals surface area contributed by atoms with Gasteiger partial charge in [0.2, 0.25) is 0 Å². The Bertz CT molecular complexity index is 433. The molecule has 2 nitrogen and oxygen atoms in total. The molecule has 0 spiro atoms. The molecule has 92 valence electrons. The molecule has 1 heterocycles. The SMILES string of the molecule is Cc1ccc(C(=O)N2CCCC2CCl)c(Cl)c1. The van der Waals surface area contributed by atoms with Gasteiger partial charge in [-0.05, 0) is 37.5 Å². The molecule has 1 unspecified atom stereocenters. The second-order valence-electron chi connectivity index (χ2n) is 4.43. The summed E-state index contributed by atoms with van der Waals surface area (Å²) in [5.41, 5.74) is 1.64. The van der Waals surface area contributed by atoms with Crippen LogP contribution in [-0.2, 0) is 0 Å². The van der Waals surface area contributed by atoms with Crippen LogP contribution >= 0.6 is 23.2 Å². The predicted molar refractivity (Wildman–Crippen MR) is 71.0 cm³/mol. The molecule has 0 radical (unpaired) electrons. The summed E-state index contributed by atoms with van der Waals surface area (Å²) in [6.45, 7) is 2.73. The van der Waals surface area contributed by atoms with Crippen LogP contribution in [-0.4, -0.2) is 29.3 Å². The Morgan fingerprint density at radius 1 is 1.53 bits per heavy atom. The summed E-state index contributed by atoms with van der Waals surface area (Å²) in [6.07, 6.45) is 2.01. The minimum absolute atomic E-state index is 0.00171. The molecule has 4 heteroatoms. The molecule has 0 aliphatic carbocycles. The maximum Gasteiger partial charge on any atom is 0.255 e. The van der Waals surface area contributed by atoms with Gasteiger partial charge in [-0.25, -0.2) is 0 Å². The number of halogens is 2. The van der Waals surface area contributed by atoms with Crippen molar-refractivity contribution in [3.63, 3.8) is 0 Å². The van der Waals surface area contributed by atoms with E-state index < -0.39 is 0 Å². The van der Waals surface area contributed by atoms with Crippen LogP contribution < -0.4 is 0 Å². The minimum atomic E-state index is -0.00171. The van der Waals surface area contributed by atoms with Gasteiger partial charge in [-0.15, -0.1) is 11.6 Å². The summed E-state index contributed by atoms with van der Waals surface area (Å²) >= 11 is 12.0. The molecule has 1 amide bonds. The molecule has 0 saturated carbocycles. The number of rotatable bonds is 2. The Kier molecular flexibility index (Phi) is 3.95. The van der Waals surface area contributed by atoms with Gasteiger partial charge >= 0.3 is 0 Å². The Hall–Kier alpha value is -0.730. The highest BCUT2D eigenvalue weighted by atomic mass is 35.5. The highest BCUT2D eigenvalue weighted by Crippen LogP contribution is 2.25. The summed E-state index contributed by atoms with van der Waals surface area (Å²) < 4.78 is 0. The minimum Gasteiger partial charge on any atom is -0.334 e. The first-order chi connectivity index (χ1) is 8.13. The largest absolute Gasteiger partial charge is 0.334 e. The first kappa shape index (κ1) is 12.7. The second-order valence-corrected chi connectivity index (χ2v) is 5.15. The number of amides is 1. The summed E-state index contributed by atoms with van der Waals surface area (Å²) in [5, 5.41) is 0.523. The van der Waals surface area contributed by atoms with Gasteiger partial charge in [0.05, 0.1) is 10.6 Å². The normalized spacial score (nSPS) is 19.7. The first-order valence-electron chi connectivity index (χ1n) is 5.76. The van der Waals surface area contributed by atoms with Gasteiger partial charge in [-0.3, -0.25) is 4.79 Å². The fraction of sp³-hybridized carbons (Fsp3) is 0.462. The van der Waals surface area contributed by atoms with Gasteiger partial charge in [0.25, 0.3) is 5.91 Å². The van der Waals surface area contributed by atoms with E-state index in [2.05, 4.69) is 0 Å². The standard InChI is InChI=1S/C13H15Cl2NO/c1-9-4-5-11(12(15)7-9)13(17)16-6-2-3-10(16)8-14/h4-5,7,10H,2-3,6,8H2,1H3. The molecular weight excluding hydrogens is 257 g/mol. The predicted octanol–water partition coefficient (Wildman–Crippen LogP) is 3.49.